The number of benzene rings is 2. The molecule has 0 saturated heterocycles. The van der Waals surface area contributed by atoms with Crippen molar-refractivity contribution in [2.75, 3.05) is 0 Å². The normalized spacial score (nSPS) is 16.7. The maximum atomic E-state index is 12.9. The quantitative estimate of drug-likeness (QED) is 0.871. The van der Waals surface area contributed by atoms with Gasteiger partial charge < -0.3 is 14.7 Å². The second kappa shape index (κ2) is 7.40. The molecule has 0 heterocycles. The van der Waals surface area contributed by atoms with Crippen LogP contribution >= 0.6 is 0 Å². The highest BCUT2D eigenvalue weighted by Crippen LogP contribution is 2.31. The summed E-state index contributed by atoms with van der Waals surface area (Å²) in [5.74, 6) is 0.354. The molecule has 0 bridgehead atoms. The second-order valence-electron chi connectivity index (χ2n) is 7.91. The third kappa shape index (κ3) is 4.37. The van der Waals surface area contributed by atoms with Crippen molar-refractivity contribution >= 4 is 6.09 Å². The Morgan fingerprint density at radius 1 is 1.15 bits per heavy atom. The van der Waals surface area contributed by atoms with Gasteiger partial charge in [0, 0.05) is 12.6 Å². The zero-order valence-electron chi connectivity index (χ0n) is 15.7. The summed E-state index contributed by atoms with van der Waals surface area (Å²) >= 11 is 0. The van der Waals surface area contributed by atoms with E-state index in [0.29, 0.717) is 12.3 Å². The number of nitrogens with zero attached hydrogens (tertiary/aromatic N) is 1. The third-order valence-electron chi connectivity index (χ3n) is 4.70. The fourth-order valence-corrected chi connectivity index (χ4v) is 3.48. The molecular formula is C22H27NO3. The van der Waals surface area contributed by atoms with Gasteiger partial charge in [-0.2, -0.15) is 0 Å². The highest BCUT2D eigenvalue weighted by Gasteiger charge is 2.31. The minimum absolute atomic E-state index is 0.0550. The van der Waals surface area contributed by atoms with Gasteiger partial charge in [0.05, 0.1) is 0 Å². The van der Waals surface area contributed by atoms with Crippen molar-refractivity contribution in [2.24, 2.45) is 0 Å². The largest absolute Gasteiger partial charge is 0.508 e. The Balaban J connectivity index is 1.84. The number of phenolic OH excluding ortho intramolecular Hbond substituents is 1. The maximum Gasteiger partial charge on any atom is 0.410 e. The van der Waals surface area contributed by atoms with E-state index in [1.54, 1.807) is 6.07 Å². The molecule has 1 unspecified atom stereocenters. The average Bonchev–Trinajstić information content (AvgIpc) is 2.59. The second-order valence-corrected chi connectivity index (χ2v) is 7.91. The van der Waals surface area contributed by atoms with Crippen LogP contribution in [0, 0.1) is 0 Å². The molecule has 2 aromatic rings. The van der Waals surface area contributed by atoms with Gasteiger partial charge in [-0.15, -0.1) is 0 Å². The SMILES string of the molecule is CC(C)(C)OC(=O)N(Cc1ccccc1)C1CCc2c(O)cccc2C1. The van der Waals surface area contributed by atoms with Crippen LogP contribution in [-0.4, -0.2) is 27.7 Å². The first-order chi connectivity index (χ1) is 12.3. The Bertz CT molecular complexity index is 765. The number of phenols is 1. The molecule has 1 amide bonds. The van der Waals surface area contributed by atoms with E-state index in [0.717, 1.165) is 36.0 Å². The predicted octanol–water partition coefficient (Wildman–Crippen LogP) is 4.69. The fraction of sp³-hybridized carbons (Fsp3) is 0.409. The summed E-state index contributed by atoms with van der Waals surface area (Å²) in [6.07, 6.45) is 2.03. The third-order valence-corrected chi connectivity index (χ3v) is 4.70. The van der Waals surface area contributed by atoms with Gasteiger partial charge in [0.1, 0.15) is 11.4 Å². The van der Waals surface area contributed by atoms with E-state index in [9.17, 15) is 9.90 Å². The summed E-state index contributed by atoms with van der Waals surface area (Å²) in [7, 11) is 0. The van der Waals surface area contributed by atoms with E-state index in [4.69, 9.17) is 4.74 Å². The molecule has 4 nitrogen and oxygen atoms in total. The molecule has 0 saturated carbocycles. The molecule has 3 rings (SSSR count). The van der Waals surface area contributed by atoms with Crippen molar-refractivity contribution in [3.8, 4) is 5.75 Å². The van der Waals surface area contributed by atoms with Crippen LogP contribution < -0.4 is 0 Å². The number of carbonyl (C=O) groups is 1. The van der Waals surface area contributed by atoms with Crippen LogP contribution in [0.3, 0.4) is 0 Å². The van der Waals surface area contributed by atoms with Gasteiger partial charge in [-0.25, -0.2) is 4.79 Å². The van der Waals surface area contributed by atoms with Crippen LogP contribution in [0.5, 0.6) is 5.75 Å². The van der Waals surface area contributed by atoms with E-state index in [2.05, 4.69) is 0 Å². The Hall–Kier alpha value is -2.49. The minimum Gasteiger partial charge on any atom is -0.508 e. The monoisotopic (exact) mass is 353 g/mol. The summed E-state index contributed by atoms with van der Waals surface area (Å²) in [6, 6.07) is 15.7. The molecule has 0 aromatic heterocycles. The number of hydrogen-bond acceptors (Lipinski definition) is 3. The summed E-state index contributed by atoms with van der Waals surface area (Å²) in [4.78, 5) is 14.7. The molecule has 26 heavy (non-hydrogen) atoms. The number of rotatable bonds is 3. The Kier molecular flexibility index (Phi) is 5.21. The average molecular weight is 353 g/mol. The number of hydrogen-bond donors (Lipinski definition) is 1. The summed E-state index contributed by atoms with van der Waals surface area (Å²) < 4.78 is 5.67. The summed E-state index contributed by atoms with van der Waals surface area (Å²) in [5, 5.41) is 10.1. The minimum atomic E-state index is -0.531. The van der Waals surface area contributed by atoms with E-state index >= 15 is 0 Å². The maximum absolute atomic E-state index is 12.9. The van der Waals surface area contributed by atoms with Gasteiger partial charge in [-0.3, -0.25) is 0 Å². The lowest BCUT2D eigenvalue weighted by Crippen LogP contribution is -2.45. The van der Waals surface area contributed by atoms with Gasteiger partial charge >= 0.3 is 6.09 Å². The molecule has 1 aliphatic rings. The zero-order chi connectivity index (χ0) is 18.7. The van der Waals surface area contributed by atoms with Crippen LogP contribution in [0.4, 0.5) is 4.79 Å². The van der Waals surface area contributed by atoms with Crippen molar-refractivity contribution in [3.63, 3.8) is 0 Å². The fourth-order valence-electron chi connectivity index (χ4n) is 3.48. The number of carbonyl (C=O) groups excluding carboxylic acids is 1. The van der Waals surface area contributed by atoms with Crippen LogP contribution in [0.2, 0.25) is 0 Å². The first kappa shape index (κ1) is 18.3. The molecule has 0 spiro atoms. The van der Waals surface area contributed by atoms with Gasteiger partial charge in [-0.05, 0) is 62.8 Å². The smallest absolute Gasteiger partial charge is 0.410 e. The van der Waals surface area contributed by atoms with Gasteiger partial charge in [0.2, 0.25) is 0 Å². The van der Waals surface area contributed by atoms with Gasteiger partial charge in [0.15, 0.2) is 0 Å². The van der Waals surface area contributed by atoms with Crippen LogP contribution in [0.25, 0.3) is 0 Å². The molecule has 0 fully saturated rings. The van der Waals surface area contributed by atoms with Crippen molar-refractivity contribution < 1.29 is 14.6 Å². The Morgan fingerprint density at radius 3 is 2.58 bits per heavy atom. The van der Waals surface area contributed by atoms with Crippen LogP contribution in [-0.2, 0) is 24.1 Å². The number of amides is 1. The molecule has 4 heteroatoms. The lowest BCUT2D eigenvalue weighted by molar-refractivity contribution is 0.0124. The zero-order valence-corrected chi connectivity index (χ0v) is 15.7. The van der Waals surface area contributed by atoms with E-state index < -0.39 is 5.60 Å². The molecular weight excluding hydrogens is 326 g/mol. The van der Waals surface area contributed by atoms with E-state index in [-0.39, 0.29) is 12.1 Å². The molecule has 1 N–H and O–H groups in total. The van der Waals surface area contributed by atoms with Crippen LogP contribution in [0.1, 0.15) is 43.9 Å². The standard InChI is InChI=1S/C22H27NO3/c1-22(2,3)26-21(25)23(15-16-8-5-4-6-9-16)18-12-13-19-17(14-18)10-7-11-20(19)24/h4-11,18,24H,12-15H2,1-3H3. The van der Waals surface area contributed by atoms with E-state index in [1.807, 2.05) is 68.1 Å². The molecule has 138 valence electrons. The first-order valence-corrected chi connectivity index (χ1v) is 9.17. The van der Waals surface area contributed by atoms with Gasteiger partial charge in [0.25, 0.3) is 0 Å². The van der Waals surface area contributed by atoms with E-state index in [1.165, 1.54) is 0 Å². The Morgan fingerprint density at radius 2 is 1.88 bits per heavy atom. The molecule has 0 aliphatic heterocycles. The Labute approximate surface area is 155 Å². The molecule has 1 aliphatic carbocycles. The summed E-state index contributed by atoms with van der Waals surface area (Å²) in [5.41, 5.74) is 2.67. The number of aromatic hydroxyl groups is 1. The van der Waals surface area contributed by atoms with Crippen molar-refractivity contribution in [1.29, 1.82) is 0 Å². The highest BCUT2D eigenvalue weighted by molar-refractivity contribution is 5.69. The van der Waals surface area contributed by atoms with Gasteiger partial charge in [-0.1, -0.05) is 42.5 Å². The highest BCUT2D eigenvalue weighted by atomic mass is 16.6. The predicted molar refractivity (Wildman–Crippen MR) is 102 cm³/mol. The van der Waals surface area contributed by atoms with Crippen molar-refractivity contribution in [2.45, 2.75) is 58.2 Å². The van der Waals surface area contributed by atoms with Crippen molar-refractivity contribution in [3.05, 3.63) is 65.2 Å². The summed E-state index contributed by atoms with van der Waals surface area (Å²) in [6.45, 7) is 6.19. The molecule has 0 radical (unpaired) electrons. The number of ether oxygens (including phenoxy) is 1. The topological polar surface area (TPSA) is 49.8 Å². The van der Waals surface area contributed by atoms with Crippen molar-refractivity contribution in [1.82, 2.24) is 4.90 Å². The lowest BCUT2D eigenvalue weighted by atomic mass is 9.87. The lowest BCUT2D eigenvalue weighted by Gasteiger charge is -2.36. The first-order valence-electron chi connectivity index (χ1n) is 9.17. The molecule has 2 aromatic carbocycles. The number of fused-ring (bicyclic) bond motifs is 1. The molecule has 1 atom stereocenters. The van der Waals surface area contributed by atoms with Crippen LogP contribution in [0.15, 0.2) is 48.5 Å².